The van der Waals surface area contributed by atoms with E-state index in [1.54, 1.807) is 0 Å². The molecule has 0 saturated heterocycles. The SMILES string of the molecule is O=C(O)CC(CO)CNC(=O)c1ccc(Cl)cc1Cl. The van der Waals surface area contributed by atoms with Crippen LogP contribution in [0.3, 0.4) is 0 Å². The van der Waals surface area contributed by atoms with E-state index in [2.05, 4.69) is 5.32 Å². The summed E-state index contributed by atoms with van der Waals surface area (Å²) in [6.45, 7) is -0.262. The molecule has 1 unspecified atom stereocenters. The van der Waals surface area contributed by atoms with Crippen LogP contribution in [0.5, 0.6) is 0 Å². The molecule has 1 aromatic rings. The molecule has 5 nitrogen and oxygen atoms in total. The van der Waals surface area contributed by atoms with Gasteiger partial charge in [-0.25, -0.2) is 0 Å². The Labute approximate surface area is 120 Å². The van der Waals surface area contributed by atoms with Crippen molar-refractivity contribution < 1.29 is 19.8 Å². The van der Waals surface area contributed by atoms with Gasteiger partial charge in [-0.05, 0) is 18.2 Å². The number of halogens is 2. The topological polar surface area (TPSA) is 86.6 Å². The minimum Gasteiger partial charge on any atom is -0.481 e. The fraction of sp³-hybridized carbons (Fsp3) is 0.333. The number of benzene rings is 1. The quantitative estimate of drug-likeness (QED) is 0.748. The number of nitrogens with one attached hydrogen (secondary N) is 1. The maximum Gasteiger partial charge on any atom is 0.303 e. The van der Waals surface area contributed by atoms with Crippen molar-refractivity contribution in [3.8, 4) is 0 Å². The molecule has 1 rings (SSSR count). The molecule has 1 amide bonds. The molecule has 0 bridgehead atoms. The van der Waals surface area contributed by atoms with Crippen LogP contribution in [0.1, 0.15) is 16.8 Å². The number of amides is 1. The van der Waals surface area contributed by atoms with E-state index in [0.29, 0.717) is 5.02 Å². The van der Waals surface area contributed by atoms with E-state index in [-0.39, 0.29) is 30.2 Å². The number of carboxylic acids is 1. The highest BCUT2D eigenvalue weighted by molar-refractivity contribution is 6.36. The first-order chi connectivity index (χ1) is 8.93. The Morgan fingerprint density at radius 1 is 1.32 bits per heavy atom. The summed E-state index contributed by atoms with van der Waals surface area (Å²) in [6, 6.07) is 4.45. The Kier molecular flexibility index (Phi) is 6.08. The van der Waals surface area contributed by atoms with Crippen LogP contribution < -0.4 is 5.32 Å². The summed E-state index contributed by atoms with van der Waals surface area (Å²) in [4.78, 5) is 22.3. The first-order valence-electron chi connectivity index (χ1n) is 5.50. The molecular formula is C12H13Cl2NO4. The van der Waals surface area contributed by atoms with E-state index in [4.69, 9.17) is 33.4 Å². The molecule has 0 aliphatic heterocycles. The van der Waals surface area contributed by atoms with Crippen LogP contribution in [0, 0.1) is 5.92 Å². The average Bonchev–Trinajstić information content (AvgIpc) is 2.33. The lowest BCUT2D eigenvalue weighted by atomic mass is 10.1. The normalized spacial score (nSPS) is 11.9. The Bertz CT molecular complexity index is 479. The molecule has 0 radical (unpaired) electrons. The van der Waals surface area contributed by atoms with Crippen LogP contribution in [0.4, 0.5) is 0 Å². The van der Waals surface area contributed by atoms with Gasteiger partial charge in [-0.1, -0.05) is 23.2 Å². The number of aliphatic hydroxyl groups is 1. The maximum atomic E-state index is 11.8. The largest absolute Gasteiger partial charge is 0.481 e. The number of carbonyl (C=O) groups is 2. The third-order valence-electron chi connectivity index (χ3n) is 2.45. The molecule has 0 fully saturated rings. The first kappa shape index (κ1) is 15.8. The molecule has 0 aliphatic carbocycles. The van der Waals surface area contributed by atoms with Crippen LogP contribution in [-0.4, -0.2) is 35.2 Å². The van der Waals surface area contributed by atoms with E-state index in [9.17, 15) is 9.59 Å². The number of hydrogen-bond acceptors (Lipinski definition) is 3. The van der Waals surface area contributed by atoms with Crippen molar-refractivity contribution in [3.63, 3.8) is 0 Å². The molecule has 1 aromatic carbocycles. The summed E-state index contributed by atoms with van der Waals surface area (Å²) < 4.78 is 0. The van der Waals surface area contributed by atoms with Crippen LogP contribution in [0.25, 0.3) is 0 Å². The predicted molar refractivity (Wildman–Crippen MR) is 71.6 cm³/mol. The Morgan fingerprint density at radius 3 is 2.53 bits per heavy atom. The molecule has 19 heavy (non-hydrogen) atoms. The zero-order chi connectivity index (χ0) is 14.4. The number of carboxylic acid groups (broad SMARTS) is 1. The van der Waals surface area contributed by atoms with Gasteiger partial charge in [0.1, 0.15) is 0 Å². The van der Waals surface area contributed by atoms with Gasteiger partial charge >= 0.3 is 5.97 Å². The summed E-state index contributed by atoms with van der Waals surface area (Å²) >= 11 is 11.6. The minimum absolute atomic E-state index is 0.0561. The van der Waals surface area contributed by atoms with Gasteiger partial charge in [0.2, 0.25) is 0 Å². The van der Waals surface area contributed by atoms with Crippen molar-refractivity contribution >= 4 is 35.1 Å². The van der Waals surface area contributed by atoms with Crippen molar-refractivity contribution in [1.82, 2.24) is 5.32 Å². The third kappa shape index (κ3) is 5.06. The Morgan fingerprint density at radius 2 is 2.00 bits per heavy atom. The maximum absolute atomic E-state index is 11.8. The summed E-state index contributed by atoms with van der Waals surface area (Å²) in [5.74, 6) is -2.00. The second-order valence-corrected chi connectivity index (χ2v) is 4.82. The van der Waals surface area contributed by atoms with E-state index in [1.165, 1.54) is 18.2 Å². The second-order valence-electron chi connectivity index (χ2n) is 3.98. The smallest absolute Gasteiger partial charge is 0.303 e. The van der Waals surface area contributed by atoms with Gasteiger partial charge in [0.15, 0.2) is 0 Å². The highest BCUT2D eigenvalue weighted by Gasteiger charge is 2.15. The number of aliphatic carboxylic acids is 1. The van der Waals surface area contributed by atoms with Crippen molar-refractivity contribution in [2.75, 3.05) is 13.2 Å². The van der Waals surface area contributed by atoms with Gasteiger partial charge in [-0.2, -0.15) is 0 Å². The average molecular weight is 306 g/mol. The van der Waals surface area contributed by atoms with E-state index in [1.807, 2.05) is 0 Å². The minimum atomic E-state index is -1.03. The summed E-state index contributed by atoms with van der Waals surface area (Å²) in [7, 11) is 0. The van der Waals surface area contributed by atoms with E-state index in [0.717, 1.165) is 0 Å². The van der Waals surface area contributed by atoms with Crippen molar-refractivity contribution in [1.29, 1.82) is 0 Å². The summed E-state index contributed by atoms with van der Waals surface area (Å²) in [5, 5.41) is 20.8. The summed E-state index contributed by atoms with van der Waals surface area (Å²) in [6.07, 6.45) is -0.217. The van der Waals surface area contributed by atoms with Crippen molar-refractivity contribution in [2.45, 2.75) is 6.42 Å². The molecule has 0 aliphatic rings. The highest BCUT2D eigenvalue weighted by Crippen LogP contribution is 2.20. The highest BCUT2D eigenvalue weighted by atomic mass is 35.5. The lowest BCUT2D eigenvalue weighted by Crippen LogP contribution is -2.32. The van der Waals surface area contributed by atoms with Crippen molar-refractivity contribution in [2.24, 2.45) is 5.92 Å². The molecule has 104 valence electrons. The number of hydrogen-bond donors (Lipinski definition) is 3. The van der Waals surface area contributed by atoms with Gasteiger partial charge in [0, 0.05) is 24.1 Å². The number of carbonyl (C=O) groups excluding carboxylic acids is 1. The summed E-state index contributed by atoms with van der Waals surface area (Å²) in [5.41, 5.74) is 0.248. The van der Waals surface area contributed by atoms with Crippen LogP contribution in [0.15, 0.2) is 18.2 Å². The fourth-order valence-electron chi connectivity index (χ4n) is 1.45. The van der Waals surface area contributed by atoms with Crippen LogP contribution in [0.2, 0.25) is 10.0 Å². The zero-order valence-corrected chi connectivity index (χ0v) is 11.4. The van der Waals surface area contributed by atoms with Crippen LogP contribution >= 0.6 is 23.2 Å². The third-order valence-corrected chi connectivity index (χ3v) is 3.00. The Balaban J connectivity index is 2.61. The monoisotopic (exact) mass is 305 g/mol. The second kappa shape index (κ2) is 7.33. The number of aliphatic hydroxyl groups excluding tert-OH is 1. The zero-order valence-electron chi connectivity index (χ0n) is 9.90. The molecular weight excluding hydrogens is 293 g/mol. The van der Waals surface area contributed by atoms with Gasteiger partial charge in [-0.3, -0.25) is 9.59 Å². The first-order valence-corrected chi connectivity index (χ1v) is 6.25. The molecule has 7 heteroatoms. The molecule has 3 N–H and O–H groups in total. The Hall–Kier alpha value is -1.30. The molecule has 0 heterocycles. The lowest BCUT2D eigenvalue weighted by Gasteiger charge is -2.13. The van der Waals surface area contributed by atoms with Gasteiger partial charge in [-0.15, -0.1) is 0 Å². The lowest BCUT2D eigenvalue weighted by molar-refractivity contribution is -0.138. The molecule has 1 atom stereocenters. The van der Waals surface area contributed by atoms with Crippen molar-refractivity contribution in [3.05, 3.63) is 33.8 Å². The number of rotatable bonds is 6. The van der Waals surface area contributed by atoms with Gasteiger partial charge < -0.3 is 15.5 Å². The van der Waals surface area contributed by atoms with Gasteiger partial charge in [0.05, 0.1) is 17.0 Å². The molecule has 0 spiro atoms. The molecule has 0 aromatic heterocycles. The van der Waals surface area contributed by atoms with E-state index < -0.39 is 17.8 Å². The van der Waals surface area contributed by atoms with E-state index >= 15 is 0 Å². The van der Waals surface area contributed by atoms with Gasteiger partial charge in [0.25, 0.3) is 5.91 Å². The fourth-order valence-corrected chi connectivity index (χ4v) is 1.95. The standard InChI is InChI=1S/C12H13Cl2NO4/c13-8-1-2-9(10(14)4-8)12(19)15-5-7(6-16)3-11(17)18/h1-2,4,7,16H,3,5-6H2,(H,15,19)(H,17,18). The predicted octanol–water partition coefficient (Wildman–Crippen LogP) is 1.81. The van der Waals surface area contributed by atoms with Crippen LogP contribution in [-0.2, 0) is 4.79 Å². The molecule has 0 saturated carbocycles.